The molecule has 0 radical (unpaired) electrons. The molecule has 0 saturated carbocycles. The molecule has 1 atom stereocenters. The fraction of sp³-hybridized carbons (Fsp3) is 0.545. The Morgan fingerprint density at radius 3 is 3.06 bits per heavy atom. The third-order valence-corrected chi connectivity index (χ3v) is 5.34. The van der Waals surface area contributed by atoms with Crippen molar-refractivity contribution in [1.82, 2.24) is 4.90 Å². The van der Waals surface area contributed by atoms with Gasteiger partial charge in [-0.1, -0.05) is 6.92 Å². The lowest BCUT2D eigenvalue weighted by atomic mass is 10.3. The number of thioether (sulfide) groups is 1. The Kier molecular flexibility index (Phi) is 4.47. The Morgan fingerprint density at radius 2 is 2.44 bits per heavy atom. The number of halogens is 1. The topological polar surface area (TPSA) is 20.3 Å². The molecule has 5 heteroatoms. The molecule has 0 N–H and O–H groups in total. The van der Waals surface area contributed by atoms with Gasteiger partial charge >= 0.3 is 0 Å². The fourth-order valence-electron chi connectivity index (χ4n) is 1.78. The van der Waals surface area contributed by atoms with Gasteiger partial charge in [-0.25, -0.2) is 0 Å². The molecule has 1 unspecified atom stereocenters. The average molecular weight is 320 g/mol. The molecule has 2 rings (SSSR count). The van der Waals surface area contributed by atoms with Crippen LogP contribution >= 0.6 is 39.0 Å². The van der Waals surface area contributed by atoms with Crippen LogP contribution in [0, 0.1) is 0 Å². The summed E-state index contributed by atoms with van der Waals surface area (Å²) in [6.07, 6.45) is 0. The summed E-state index contributed by atoms with van der Waals surface area (Å²) < 4.78 is 1.03. The van der Waals surface area contributed by atoms with Crippen LogP contribution in [0.15, 0.2) is 15.9 Å². The molecule has 1 aliphatic rings. The van der Waals surface area contributed by atoms with Crippen molar-refractivity contribution < 1.29 is 4.79 Å². The Bertz CT molecular complexity index is 380. The van der Waals surface area contributed by atoms with Crippen LogP contribution in [0.1, 0.15) is 16.6 Å². The summed E-state index contributed by atoms with van der Waals surface area (Å²) in [5.41, 5.74) is 0. The zero-order valence-electron chi connectivity index (χ0n) is 9.11. The molecule has 1 aliphatic heterocycles. The second-order valence-electron chi connectivity index (χ2n) is 3.94. The summed E-state index contributed by atoms with van der Waals surface area (Å²) in [7, 11) is 0. The van der Waals surface area contributed by atoms with Crippen LogP contribution in [0.2, 0.25) is 0 Å². The lowest BCUT2D eigenvalue weighted by Crippen LogP contribution is -2.39. The van der Waals surface area contributed by atoms with Crippen LogP contribution in [0.3, 0.4) is 0 Å². The summed E-state index contributed by atoms with van der Waals surface area (Å²) in [6.45, 7) is 4.86. The van der Waals surface area contributed by atoms with E-state index in [0.717, 1.165) is 27.5 Å². The van der Waals surface area contributed by atoms with Crippen LogP contribution < -0.4 is 0 Å². The molecular formula is C11H14BrNOS2. The number of hydrogen-bond acceptors (Lipinski definition) is 4. The molecule has 2 heterocycles. The molecule has 0 bridgehead atoms. The third-order valence-electron chi connectivity index (χ3n) is 2.54. The number of ketones is 1. The van der Waals surface area contributed by atoms with Gasteiger partial charge in [0.25, 0.3) is 0 Å². The van der Waals surface area contributed by atoms with Gasteiger partial charge in [-0.05, 0) is 28.1 Å². The summed E-state index contributed by atoms with van der Waals surface area (Å²) >= 11 is 6.90. The van der Waals surface area contributed by atoms with E-state index in [0.29, 0.717) is 11.8 Å². The molecule has 88 valence electrons. The predicted octanol–water partition coefficient (Wildman–Crippen LogP) is 3.13. The van der Waals surface area contributed by atoms with E-state index in [-0.39, 0.29) is 5.78 Å². The highest BCUT2D eigenvalue weighted by atomic mass is 79.9. The van der Waals surface area contributed by atoms with Crippen molar-refractivity contribution in [3.8, 4) is 0 Å². The number of carbonyl (C=O) groups is 1. The first-order valence-corrected chi connectivity index (χ1v) is 7.93. The average Bonchev–Trinajstić information content (AvgIpc) is 2.65. The van der Waals surface area contributed by atoms with E-state index in [1.165, 1.54) is 11.3 Å². The minimum absolute atomic E-state index is 0.245. The fourth-order valence-corrected chi connectivity index (χ4v) is 4.18. The number of rotatable bonds is 3. The Labute approximate surface area is 113 Å². The second-order valence-corrected chi connectivity index (χ2v) is 7.95. The maximum Gasteiger partial charge on any atom is 0.186 e. The van der Waals surface area contributed by atoms with E-state index in [4.69, 9.17) is 0 Å². The molecule has 1 fully saturated rings. The molecule has 0 aromatic carbocycles. The maximum absolute atomic E-state index is 12.0. The van der Waals surface area contributed by atoms with E-state index >= 15 is 0 Å². The zero-order chi connectivity index (χ0) is 11.5. The van der Waals surface area contributed by atoms with E-state index in [1.54, 1.807) is 0 Å². The SMILES string of the molecule is CC1CN(CC(=O)c2ccc(Br)s2)CCS1. The summed E-state index contributed by atoms with van der Waals surface area (Å²) in [5.74, 6) is 1.39. The lowest BCUT2D eigenvalue weighted by Gasteiger charge is -2.29. The van der Waals surface area contributed by atoms with Gasteiger partial charge in [0, 0.05) is 24.1 Å². The van der Waals surface area contributed by atoms with Crippen molar-refractivity contribution in [1.29, 1.82) is 0 Å². The van der Waals surface area contributed by atoms with Gasteiger partial charge < -0.3 is 0 Å². The number of Topliss-reactive ketones (excluding diaryl/α,β-unsaturated/α-hetero) is 1. The standard InChI is InChI=1S/C11H14BrNOS2/c1-8-6-13(4-5-15-8)7-9(14)10-2-3-11(12)16-10/h2-3,8H,4-7H2,1H3. The Balaban J connectivity index is 1.92. The lowest BCUT2D eigenvalue weighted by molar-refractivity contribution is 0.0938. The van der Waals surface area contributed by atoms with Crippen molar-refractivity contribution in [2.75, 3.05) is 25.4 Å². The first-order valence-electron chi connectivity index (χ1n) is 5.27. The minimum atomic E-state index is 0.245. The maximum atomic E-state index is 12.0. The van der Waals surface area contributed by atoms with Gasteiger partial charge in [-0.2, -0.15) is 11.8 Å². The first kappa shape index (κ1) is 12.6. The van der Waals surface area contributed by atoms with E-state index < -0.39 is 0 Å². The van der Waals surface area contributed by atoms with Crippen molar-refractivity contribution in [3.05, 3.63) is 20.8 Å². The molecule has 0 amide bonds. The van der Waals surface area contributed by atoms with E-state index in [2.05, 4.69) is 27.8 Å². The Morgan fingerprint density at radius 1 is 1.62 bits per heavy atom. The zero-order valence-corrected chi connectivity index (χ0v) is 12.3. The summed E-state index contributed by atoms with van der Waals surface area (Å²) in [6, 6.07) is 3.84. The highest BCUT2D eigenvalue weighted by Crippen LogP contribution is 2.23. The van der Waals surface area contributed by atoms with Crippen molar-refractivity contribution >= 4 is 44.8 Å². The largest absolute Gasteiger partial charge is 0.294 e. The molecular weight excluding hydrogens is 306 g/mol. The molecule has 1 aromatic heterocycles. The van der Waals surface area contributed by atoms with Crippen molar-refractivity contribution in [2.24, 2.45) is 0 Å². The molecule has 16 heavy (non-hydrogen) atoms. The number of carbonyl (C=O) groups excluding carboxylic acids is 1. The quantitative estimate of drug-likeness (QED) is 0.798. The van der Waals surface area contributed by atoms with Gasteiger partial charge in [0.15, 0.2) is 5.78 Å². The van der Waals surface area contributed by atoms with Crippen molar-refractivity contribution in [3.63, 3.8) is 0 Å². The normalized spacial score (nSPS) is 22.2. The molecule has 0 aliphatic carbocycles. The molecule has 1 aromatic rings. The van der Waals surface area contributed by atoms with Crippen LogP contribution in [0.4, 0.5) is 0 Å². The highest BCUT2D eigenvalue weighted by Gasteiger charge is 2.20. The van der Waals surface area contributed by atoms with Crippen LogP contribution in [-0.2, 0) is 0 Å². The van der Waals surface area contributed by atoms with Gasteiger partial charge in [0.05, 0.1) is 15.2 Å². The van der Waals surface area contributed by atoms with Crippen molar-refractivity contribution in [2.45, 2.75) is 12.2 Å². The van der Waals surface area contributed by atoms with Gasteiger partial charge in [0.1, 0.15) is 0 Å². The summed E-state index contributed by atoms with van der Waals surface area (Å²) in [5, 5.41) is 0.650. The van der Waals surface area contributed by atoms with Crippen LogP contribution in [0.5, 0.6) is 0 Å². The smallest absolute Gasteiger partial charge is 0.186 e. The Hall–Kier alpha value is 0.160. The number of nitrogens with zero attached hydrogens (tertiary/aromatic N) is 1. The number of thiophene rings is 1. The van der Waals surface area contributed by atoms with Gasteiger partial charge in [0.2, 0.25) is 0 Å². The van der Waals surface area contributed by atoms with Gasteiger partial charge in [-0.15, -0.1) is 11.3 Å². The van der Waals surface area contributed by atoms with Crippen LogP contribution in [-0.4, -0.2) is 41.3 Å². The monoisotopic (exact) mass is 319 g/mol. The number of hydrogen-bond donors (Lipinski definition) is 0. The van der Waals surface area contributed by atoms with E-state index in [9.17, 15) is 4.79 Å². The van der Waals surface area contributed by atoms with E-state index in [1.807, 2.05) is 23.9 Å². The van der Waals surface area contributed by atoms with Crippen LogP contribution in [0.25, 0.3) is 0 Å². The minimum Gasteiger partial charge on any atom is -0.294 e. The highest BCUT2D eigenvalue weighted by molar-refractivity contribution is 9.11. The molecule has 2 nitrogen and oxygen atoms in total. The second kappa shape index (κ2) is 5.67. The molecule has 0 spiro atoms. The first-order chi connectivity index (χ1) is 7.65. The predicted molar refractivity (Wildman–Crippen MR) is 74.7 cm³/mol. The van der Waals surface area contributed by atoms with Gasteiger partial charge in [-0.3, -0.25) is 9.69 Å². The molecule has 1 saturated heterocycles. The third kappa shape index (κ3) is 3.32. The summed E-state index contributed by atoms with van der Waals surface area (Å²) in [4.78, 5) is 15.1.